The average molecular weight is 307 g/mol. The first-order valence-corrected chi connectivity index (χ1v) is 8.40. The van der Waals surface area contributed by atoms with Crippen LogP contribution in [0.5, 0.6) is 5.75 Å². The number of ether oxygens (including phenoxy) is 1. The summed E-state index contributed by atoms with van der Waals surface area (Å²) in [5.41, 5.74) is 2.41. The van der Waals surface area contributed by atoms with E-state index in [0.29, 0.717) is 0 Å². The van der Waals surface area contributed by atoms with Crippen molar-refractivity contribution in [2.45, 2.75) is 44.4 Å². The van der Waals surface area contributed by atoms with Gasteiger partial charge in [-0.05, 0) is 51.3 Å². The summed E-state index contributed by atoms with van der Waals surface area (Å²) in [5.74, 6) is 0.865. The maximum absolute atomic E-state index is 12.7. The van der Waals surface area contributed by atoms with Crippen molar-refractivity contribution >= 4 is 11.4 Å². The summed E-state index contributed by atoms with van der Waals surface area (Å²) in [6.45, 7) is 10.9. The molecule has 0 radical (unpaired) electrons. The molecule has 1 saturated heterocycles. The van der Waals surface area contributed by atoms with Gasteiger partial charge >= 0.3 is 0 Å². The molecule has 21 heavy (non-hydrogen) atoms. The Morgan fingerprint density at radius 2 is 1.95 bits per heavy atom. The number of benzene rings is 1. The molecule has 0 amide bonds. The second-order valence-corrected chi connectivity index (χ2v) is 8.79. The van der Waals surface area contributed by atoms with E-state index in [2.05, 4.69) is 23.0 Å². The van der Waals surface area contributed by atoms with Gasteiger partial charge in [-0.1, -0.05) is 24.3 Å². The fourth-order valence-electron chi connectivity index (χ4n) is 2.60. The Kier molecular flexibility index (Phi) is 5.02. The molecule has 0 aliphatic carbocycles. The van der Waals surface area contributed by atoms with Crippen molar-refractivity contribution < 1.29 is 9.29 Å². The van der Waals surface area contributed by atoms with Crippen LogP contribution in [0.2, 0.25) is 0 Å². The highest BCUT2D eigenvalue weighted by molar-refractivity contribution is 7.90. The molecule has 0 N–H and O–H groups in total. The molecule has 1 unspecified atom stereocenters. The topological polar surface area (TPSA) is 35.5 Å². The van der Waals surface area contributed by atoms with Gasteiger partial charge in [0.05, 0.1) is 19.7 Å². The summed E-state index contributed by atoms with van der Waals surface area (Å²) in [4.78, 5) is 0. The third kappa shape index (κ3) is 4.02. The van der Waals surface area contributed by atoms with E-state index >= 15 is 0 Å². The van der Waals surface area contributed by atoms with Crippen LogP contribution in [0.25, 0.3) is 0 Å². The number of hydrogen-bond donors (Lipinski definition) is 0. The van der Waals surface area contributed by atoms with Crippen molar-refractivity contribution in [3.63, 3.8) is 0 Å². The van der Waals surface area contributed by atoms with Gasteiger partial charge in [0, 0.05) is 11.4 Å². The van der Waals surface area contributed by atoms with Crippen LogP contribution in [-0.4, -0.2) is 33.3 Å². The van der Waals surface area contributed by atoms with E-state index in [4.69, 9.17) is 4.74 Å². The smallest absolute Gasteiger partial charge is 0.137 e. The van der Waals surface area contributed by atoms with Gasteiger partial charge in [0.25, 0.3) is 0 Å². The Morgan fingerprint density at radius 1 is 1.33 bits per heavy atom. The lowest BCUT2D eigenvalue weighted by Crippen LogP contribution is -2.46. The second-order valence-electron chi connectivity index (χ2n) is 6.60. The largest absolute Gasteiger partial charge is 0.597 e. The highest BCUT2D eigenvalue weighted by atomic mass is 32.2. The third-order valence-electron chi connectivity index (χ3n) is 3.68. The molecule has 0 aromatic heterocycles. The molecule has 0 spiro atoms. The number of hydrogen-bond acceptors (Lipinski definition) is 3. The minimum absolute atomic E-state index is 0.233. The molecular formula is C17H25NO2S. The molecule has 4 heteroatoms. The number of nitrogens with zero attached hydrogens (tertiary/aromatic N) is 1. The van der Waals surface area contributed by atoms with Gasteiger partial charge in [-0.25, -0.2) is 0 Å². The lowest BCUT2D eigenvalue weighted by atomic mass is 10.0. The van der Waals surface area contributed by atoms with Crippen LogP contribution in [0, 0.1) is 0 Å². The minimum Gasteiger partial charge on any atom is -0.597 e. The van der Waals surface area contributed by atoms with Crippen LogP contribution in [0.1, 0.15) is 32.8 Å². The maximum atomic E-state index is 12.7. The van der Waals surface area contributed by atoms with Crippen LogP contribution in [0.4, 0.5) is 0 Å². The zero-order valence-electron chi connectivity index (χ0n) is 13.4. The van der Waals surface area contributed by atoms with E-state index in [-0.39, 0.29) is 10.8 Å². The molecule has 0 bridgehead atoms. The monoisotopic (exact) mass is 307 g/mol. The molecule has 1 fully saturated rings. The molecule has 1 aromatic rings. The molecule has 2 rings (SSSR count). The van der Waals surface area contributed by atoms with E-state index in [1.807, 2.05) is 32.9 Å². The minimum atomic E-state index is -0.995. The Hall–Kier alpha value is -0.970. The van der Waals surface area contributed by atoms with E-state index in [0.717, 1.165) is 25.1 Å². The molecule has 1 aliphatic heterocycles. The lowest BCUT2D eigenvalue weighted by Gasteiger charge is -2.33. The van der Waals surface area contributed by atoms with E-state index < -0.39 is 11.4 Å². The SMILES string of the molecule is C=C1CC(Cc2ccc(OC)cc2)N([S@@+]([O-])C(C)(C)C)C1. The summed E-state index contributed by atoms with van der Waals surface area (Å²) in [6.07, 6.45) is 1.82. The second kappa shape index (κ2) is 6.42. The maximum Gasteiger partial charge on any atom is 0.137 e. The summed E-state index contributed by atoms with van der Waals surface area (Å²) in [7, 11) is 1.67. The Balaban J connectivity index is 2.10. The van der Waals surface area contributed by atoms with Crippen LogP contribution >= 0.6 is 0 Å². The predicted molar refractivity (Wildman–Crippen MR) is 88.8 cm³/mol. The molecule has 1 heterocycles. The zero-order valence-corrected chi connectivity index (χ0v) is 14.2. The third-order valence-corrected chi connectivity index (χ3v) is 5.58. The van der Waals surface area contributed by atoms with Gasteiger partial charge in [-0.15, -0.1) is 4.31 Å². The van der Waals surface area contributed by atoms with Gasteiger partial charge in [-0.2, -0.15) is 0 Å². The van der Waals surface area contributed by atoms with Crippen LogP contribution in [0.15, 0.2) is 36.4 Å². The Labute approximate surface area is 131 Å². The summed E-state index contributed by atoms with van der Waals surface area (Å²) in [6, 6.07) is 8.39. The molecule has 3 nitrogen and oxygen atoms in total. The molecule has 0 saturated carbocycles. The lowest BCUT2D eigenvalue weighted by molar-refractivity contribution is 0.371. The highest BCUT2D eigenvalue weighted by Gasteiger charge is 2.41. The van der Waals surface area contributed by atoms with Crippen molar-refractivity contribution in [3.05, 3.63) is 42.0 Å². The standard InChI is InChI=1S/C17H25NO2S/c1-13-10-15(18(12-13)21(19)17(2,3)4)11-14-6-8-16(20-5)9-7-14/h6-9,15H,1,10-12H2,2-5H3/t15?,21-/m0/s1. The van der Waals surface area contributed by atoms with Crippen molar-refractivity contribution in [3.8, 4) is 5.75 Å². The first kappa shape index (κ1) is 16.4. The normalized spacial score (nSPS) is 21.6. The predicted octanol–water partition coefficient (Wildman–Crippen LogP) is 3.33. The Bertz CT molecular complexity index is 493. The summed E-state index contributed by atoms with van der Waals surface area (Å²) >= 11 is -0.995. The van der Waals surface area contributed by atoms with Gasteiger partial charge in [0.15, 0.2) is 0 Å². The van der Waals surface area contributed by atoms with E-state index in [1.165, 1.54) is 11.1 Å². The van der Waals surface area contributed by atoms with Crippen LogP contribution in [-0.2, 0) is 17.8 Å². The van der Waals surface area contributed by atoms with E-state index in [9.17, 15) is 4.55 Å². The molecule has 116 valence electrons. The first-order valence-electron chi connectivity index (χ1n) is 7.29. The first-order chi connectivity index (χ1) is 9.81. The molecule has 1 aliphatic rings. The van der Waals surface area contributed by atoms with Gasteiger partial charge in [-0.3, -0.25) is 0 Å². The van der Waals surface area contributed by atoms with Crippen LogP contribution < -0.4 is 4.74 Å². The highest BCUT2D eigenvalue weighted by Crippen LogP contribution is 2.32. The summed E-state index contributed by atoms with van der Waals surface area (Å²) in [5, 5.41) is 0. The number of methoxy groups -OCH3 is 1. The fraction of sp³-hybridized carbons (Fsp3) is 0.529. The Morgan fingerprint density at radius 3 is 2.48 bits per heavy atom. The average Bonchev–Trinajstić information content (AvgIpc) is 2.78. The van der Waals surface area contributed by atoms with Crippen molar-refractivity contribution in [2.24, 2.45) is 0 Å². The summed E-state index contributed by atoms with van der Waals surface area (Å²) < 4.78 is 19.7. The van der Waals surface area contributed by atoms with Crippen molar-refractivity contribution in [1.29, 1.82) is 0 Å². The van der Waals surface area contributed by atoms with E-state index in [1.54, 1.807) is 7.11 Å². The zero-order chi connectivity index (χ0) is 15.6. The van der Waals surface area contributed by atoms with Crippen molar-refractivity contribution in [1.82, 2.24) is 4.31 Å². The van der Waals surface area contributed by atoms with Gasteiger partial charge in [0.2, 0.25) is 0 Å². The van der Waals surface area contributed by atoms with Gasteiger partial charge in [0.1, 0.15) is 10.5 Å². The van der Waals surface area contributed by atoms with Gasteiger partial charge < -0.3 is 9.29 Å². The molecule has 2 atom stereocenters. The van der Waals surface area contributed by atoms with Crippen LogP contribution in [0.3, 0.4) is 0 Å². The molecule has 1 aromatic carbocycles. The fourth-order valence-corrected chi connectivity index (χ4v) is 4.03. The van der Waals surface area contributed by atoms with Crippen molar-refractivity contribution in [2.75, 3.05) is 13.7 Å². The number of rotatable bonds is 4. The molecular weight excluding hydrogens is 282 g/mol. The quantitative estimate of drug-likeness (QED) is 0.632.